The average molecular weight is 222 g/mol. The van der Waals surface area contributed by atoms with Gasteiger partial charge >= 0.3 is 0 Å². The van der Waals surface area contributed by atoms with Gasteiger partial charge in [-0.2, -0.15) is 0 Å². The average Bonchev–Trinajstić information content (AvgIpc) is 2.30. The van der Waals surface area contributed by atoms with Crippen molar-refractivity contribution in [1.29, 1.82) is 0 Å². The zero-order valence-electron chi connectivity index (χ0n) is 10.4. The molecule has 0 amide bonds. The molecular formula is C13H22N2O. The van der Waals surface area contributed by atoms with Gasteiger partial charge in [0.15, 0.2) is 0 Å². The molecule has 1 aromatic heterocycles. The Balaban J connectivity index is 2.57. The van der Waals surface area contributed by atoms with E-state index in [-0.39, 0.29) is 6.10 Å². The van der Waals surface area contributed by atoms with Gasteiger partial charge in [0.05, 0.1) is 6.10 Å². The van der Waals surface area contributed by atoms with Crippen LogP contribution in [0.1, 0.15) is 26.5 Å². The van der Waals surface area contributed by atoms with Crippen molar-refractivity contribution < 1.29 is 4.74 Å². The van der Waals surface area contributed by atoms with Gasteiger partial charge in [-0.05, 0) is 32.5 Å². The van der Waals surface area contributed by atoms with Crippen molar-refractivity contribution in [3.8, 4) is 0 Å². The molecule has 0 aliphatic carbocycles. The van der Waals surface area contributed by atoms with Crippen LogP contribution in [0.5, 0.6) is 0 Å². The molecule has 2 atom stereocenters. The lowest BCUT2D eigenvalue weighted by molar-refractivity contribution is 0.0478. The molecule has 1 heterocycles. The highest BCUT2D eigenvalue weighted by atomic mass is 16.5. The molecule has 90 valence electrons. The van der Waals surface area contributed by atoms with Crippen LogP contribution in [0.2, 0.25) is 0 Å². The molecule has 1 N–H and O–H groups in total. The van der Waals surface area contributed by atoms with Gasteiger partial charge in [-0.15, -0.1) is 0 Å². The summed E-state index contributed by atoms with van der Waals surface area (Å²) < 4.78 is 5.64. The first kappa shape index (κ1) is 13.1. The van der Waals surface area contributed by atoms with E-state index in [2.05, 4.69) is 30.2 Å². The van der Waals surface area contributed by atoms with Crippen molar-refractivity contribution in [1.82, 2.24) is 10.3 Å². The number of aromatic nitrogens is 1. The quantitative estimate of drug-likeness (QED) is 0.766. The first-order valence-electron chi connectivity index (χ1n) is 6.02. The maximum absolute atomic E-state index is 5.64. The molecule has 0 fully saturated rings. The minimum Gasteiger partial charge on any atom is -0.377 e. The molecule has 0 saturated heterocycles. The molecule has 2 unspecified atom stereocenters. The fourth-order valence-corrected chi connectivity index (χ4v) is 1.79. The van der Waals surface area contributed by atoms with Crippen molar-refractivity contribution in [2.24, 2.45) is 0 Å². The van der Waals surface area contributed by atoms with Gasteiger partial charge in [0.2, 0.25) is 0 Å². The Kier molecular flexibility index (Phi) is 6.04. The lowest BCUT2D eigenvalue weighted by atomic mass is 10.1. The molecule has 0 bridgehead atoms. The third-order valence-electron chi connectivity index (χ3n) is 2.62. The fraction of sp³-hybridized carbons (Fsp3) is 0.615. The summed E-state index contributed by atoms with van der Waals surface area (Å²) in [4.78, 5) is 4.35. The predicted octanol–water partition coefficient (Wildman–Crippen LogP) is 2.03. The van der Waals surface area contributed by atoms with Gasteiger partial charge in [0.25, 0.3) is 0 Å². The summed E-state index contributed by atoms with van der Waals surface area (Å²) in [6.45, 7) is 7.96. The van der Waals surface area contributed by atoms with Crippen molar-refractivity contribution in [3.63, 3.8) is 0 Å². The van der Waals surface area contributed by atoms with Crippen LogP contribution in [-0.2, 0) is 11.2 Å². The second kappa shape index (κ2) is 7.36. The first-order chi connectivity index (χ1) is 7.77. The molecule has 3 heteroatoms. The van der Waals surface area contributed by atoms with Crippen LogP contribution in [0.15, 0.2) is 24.4 Å². The van der Waals surface area contributed by atoms with E-state index >= 15 is 0 Å². The Hall–Kier alpha value is -0.930. The van der Waals surface area contributed by atoms with Crippen LogP contribution in [0.4, 0.5) is 0 Å². The summed E-state index contributed by atoms with van der Waals surface area (Å²) in [5.74, 6) is 0. The maximum atomic E-state index is 5.64. The largest absolute Gasteiger partial charge is 0.377 e. The highest BCUT2D eigenvalue weighted by molar-refractivity contribution is 5.05. The summed E-state index contributed by atoms with van der Waals surface area (Å²) >= 11 is 0. The Bertz CT molecular complexity index is 277. The fourth-order valence-electron chi connectivity index (χ4n) is 1.79. The smallest absolute Gasteiger partial charge is 0.0703 e. The molecule has 0 aliphatic rings. The normalized spacial score (nSPS) is 14.7. The molecule has 0 aromatic carbocycles. The number of likely N-dealkylation sites (N-methyl/N-ethyl adjacent to an activating group) is 1. The summed E-state index contributed by atoms with van der Waals surface area (Å²) in [6, 6.07) is 6.36. The number of hydrogen-bond donors (Lipinski definition) is 1. The van der Waals surface area contributed by atoms with E-state index in [9.17, 15) is 0 Å². The van der Waals surface area contributed by atoms with Crippen molar-refractivity contribution in [2.45, 2.75) is 39.3 Å². The molecular weight excluding hydrogens is 200 g/mol. The second-order valence-electron chi connectivity index (χ2n) is 3.85. The minimum absolute atomic E-state index is 0.215. The molecule has 3 nitrogen and oxygen atoms in total. The minimum atomic E-state index is 0.215. The number of hydrogen-bond acceptors (Lipinski definition) is 3. The standard InChI is InChI=1S/C13H22N2O/c1-4-14-13(11(3)16-5-2)10-12-8-6-7-9-15-12/h6-9,11,13-14H,4-5,10H2,1-3H3. The topological polar surface area (TPSA) is 34.2 Å². The van der Waals surface area contributed by atoms with Crippen LogP contribution in [0.3, 0.4) is 0 Å². The van der Waals surface area contributed by atoms with Gasteiger partial charge in [-0.3, -0.25) is 4.98 Å². The number of rotatable bonds is 7. The molecule has 16 heavy (non-hydrogen) atoms. The molecule has 0 aliphatic heterocycles. The maximum Gasteiger partial charge on any atom is 0.0703 e. The van der Waals surface area contributed by atoms with Gasteiger partial charge in [0.1, 0.15) is 0 Å². The van der Waals surface area contributed by atoms with Crippen LogP contribution >= 0.6 is 0 Å². The molecule has 0 spiro atoms. The number of nitrogens with one attached hydrogen (secondary N) is 1. The van der Waals surface area contributed by atoms with Crippen molar-refractivity contribution in [3.05, 3.63) is 30.1 Å². The predicted molar refractivity (Wildman–Crippen MR) is 66.5 cm³/mol. The lowest BCUT2D eigenvalue weighted by Crippen LogP contribution is -2.41. The third-order valence-corrected chi connectivity index (χ3v) is 2.62. The van der Waals surface area contributed by atoms with E-state index < -0.39 is 0 Å². The highest BCUT2D eigenvalue weighted by Crippen LogP contribution is 2.06. The Morgan fingerprint density at radius 3 is 2.75 bits per heavy atom. The van der Waals surface area contributed by atoms with Crippen LogP contribution < -0.4 is 5.32 Å². The number of nitrogens with zero attached hydrogens (tertiary/aromatic N) is 1. The van der Waals surface area contributed by atoms with Crippen LogP contribution in [0, 0.1) is 0 Å². The second-order valence-corrected chi connectivity index (χ2v) is 3.85. The van der Waals surface area contributed by atoms with E-state index in [0.717, 1.165) is 25.3 Å². The Morgan fingerprint density at radius 2 is 2.19 bits per heavy atom. The van der Waals surface area contributed by atoms with Crippen LogP contribution in [0.25, 0.3) is 0 Å². The monoisotopic (exact) mass is 222 g/mol. The SMILES string of the molecule is CCNC(Cc1ccccn1)C(C)OCC. The summed E-state index contributed by atoms with van der Waals surface area (Å²) in [6.07, 6.45) is 2.96. The van der Waals surface area contributed by atoms with E-state index in [0.29, 0.717) is 6.04 Å². The number of pyridine rings is 1. The van der Waals surface area contributed by atoms with E-state index in [1.54, 1.807) is 0 Å². The Morgan fingerprint density at radius 1 is 1.38 bits per heavy atom. The highest BCUT2D eigenvalue weighted by Gasteiger charge is 2.17. The van der Waals surface area contributed by atoms with Gasteiger partial charge < -0.3 is 10.1 Å². The molecule has 0 radical (unpaired) electrons. The first-order valence-corrected chi connectivity index (χ1v) is 6.02. The third kappa shape index (κ3) is 4.29. The molecule has 1 aromatic rings. The number of ether oxygens (including phenoxy) is 1. The summed E-state index contributed by atoms with van der Waals surface area (Å²) in [5.41, 5.74) is 1.11. The van der Waals surface area contributed by atoms with Gasteiger partial charge in [-0.25, -0.2) is 0 Å². The Labute approximate surface area is 98.2 Å². The zero-order chi connectivity index (χ0) is 11.8. The zero-order valence-corrected chi connectivity index (χ0v) is 10.4. The lowest BCUT2D eigenvalue weighted by Gasteiger charge is -2.24. The van der Waals surface area contributed by atoms with E-state index in [1.807, 2.05) is 25.3 Å². The molecule has 0 saturated carbocycles. The van der Waals surface area contributed by atoms with Crippen molar-refractivity contribution in [2.75, 3.05) is 13.2 Å². The van der Waals surface area contributed by atoms with Gasteiger partial charge in [0, 0.05) is 31.0 Å². The van der Waals surface area contributed by atoms with Crippen molar-refractivity contribution >= 4 is 0 Å². The van der Waals surface area contributed by atoms with E-state index in [1.165, 1.54) is 0 Å². The van der Waals surface area contributed by atoms with Gasteiger partial charge in [-0.1, -0.05) is 13.0 Å². The summed E-state index contributed by atoms with van der Waals surface area (Å²) in [7, 11) is 0. The summed E-state index contributed by atoms with van der Waals surface area (Å²) in [5, 5.41) is 3.45. The van der Waals surface area contributed by atoms with E-state index in [4.69, 9.17) is 4.74 Å². The molecule has 1 rings (SSSR count). The van der Waals surface area contributed by atoms with Crippen LogP contribution in [-0.4, -0.2) is 30.3 Å².